The number of hydrogen-bond donors (Lipinski definition) is 1. The molecule has 0 saturated heterocycles. The van der Waals surface area contributed by atoms with Gasteiger partial charge in [0.15, 0.2) is 16.6 Å². The molecule has 0 radical (unpaired) electrons. The van der Waals surface area contributed by atoms with Gasteiger partial charge in [-0.3, -0.25) is 0 Å². The third-order valence-electron chi connectivity index (χ3n) is 9.76. The summed E-state index contributed by atoms with van der Waals surface area (Å²) in [5, 5.41) is 12.3. The largest absolute Gasteiger partial charge is 0.417 e. The van der Waals surface area contributed by atoms with Gasteiger partial charge in [0, 0.05) is 13.2 Å². The van der Waals surface area contributed by atoms with Gasteiger partial charge in [-0.05, 0) is 111 Å². The molecule has 5 heteroatoms. The Bertz CT molecular complexity index is 966. The Balaban J connectivity index is 1.92. The van der Waals surface area contributed by atoms with Crippen LogP contribution in [-0.4, -0.2) is 40.6 Å². The average Bonchev–Trinajstić information content (AvgIpc) is 2.87. The molecule has 41 heavy (non-hydrogen) atoms. The molecule has 0 amide bonds. The van der Waals surface area contributed by atoms with E-state index in [0.717, 1.165) is 71.0 Å². The van der Waals surface area contributed by atoms with E-state index in [9.17, 15) is 5.11 Å². The van der Waals surface area contributed by atoms with Crippen molar-refractivity contribution in [2.24, 2.45) is 0 Å². The average molecular weight is 599 g/mol. The number of rotatable bonds is 17. The summed E-state index contributed by atoms with van der Waals surface area (Å²) in [4.78, 5) is 0. The number of unbranched alkanes of at least 4 members (excludes halogenated alkanes) is 2. The molecule has 0 unspecified atom stereocenters. The second-order valence-corrected chi connectivity index (χ2v) is 25.0. The lowest BCUT2D eigenvalue weighted by Gasteiger charge is -2.36. The lowest BCUT2D eigenvalue weighted by atomic mass is 9.85. The second-order valence-electron chi connectivity index (χ2n) is 15.3. The number of benzene rings is 2. The van der Waals surface area contributed by atoms with E-state index in [1.165, 1.54) is 16.7 Å². The molecular formula is C36H62O3Si2. The molecule has 0 saturated carbocycles. The molecular weight excluding hydrogens is 537 g/mol. The summed E-state index contributed by atoms with van der Waals surface area (Å²) < 4.78 is 12.8. The van der Waals surface area contributed by atoms with Gasteiger partial charge in [0.1, 0.15) is 0 Å². The molecule has 1 N–H and O–H groups in total. The first-order valence-corrected chi connectivity index (χ1v) is 21.9. The zero-order valence-corrected chi connectivity index (χ0v) is 30.2. The van der Waals surface area contributed by atoms with Gasteiger partial charge in [-0.15, -0.1) is 0 Å². The zero-order valence-electron chi connectivity index (χ0n) is 28.2. The maximum atomic E-state index is 11.8. The third-order valence-corrected chi connectivity index (χ3v) is 18.8. The highest BCUT2D eigenvalue weighted by Crippen LogP contribution is 2.38. The van der Waals surface area contributed by atoms with Crippen molar-refractivity contribution in [2.45, 2.75) is 141 Å². The predicted octanol–water partition coefficient (Wildman–Crippen LogP) is 10.3. The van der Waals surface area contributed by atoms with Crippen LogP contribution in [0.25, 0.3) is 0 Å². The van der Waals surface area contributed by atoms with Crippen molar-refractivity contribution in [1.82, 2.24) is 0 Å². The van der Waals surface area contributed by atoms with Gasteiger partial charge in [0.25, 0.3) is 0 Å². The highest BCUT2D eigenvalue weighted by Gasteiger charge is 2.38. The van der Waals surface area contributed by atoms with Crippen LogP contribution in [-0.2, 0) is 21.7 Å². The monoisotopic (exact) mass is 598 g/mol. The van der Waals surface area contributed by atoms with Gasteiger partial charge in [-0.2, -0.15) is 0 Å². The molecule has 0 aliphatic heterocycles. The van der Waals surface area contributed by atoms with Crippen LogP contribution in [0.4, 0.5) is 0 Å². The molecule has 0 aliphatic rings. The summed E-state index contributed by atoms with van der Waals surface area (Å²) in [5.41, 5.74) is 3.34. The Kier molecular flexibility index (Phi) is 13.6. The van der Waals surface area contributed by atoms with Gasteiger partial charge in [-0.25, -0.2) is 0 Å². The Morgan fingerprint density at radius 1 is 0.561 bits per heavy atom. The van der Waals surface area contributed by atoms with Gasteiger partial charge in [0.05, 0.1) is 5.60 Å². The van der Waals surface area contributed by atoms with E-state index in [2.05, 4.69) is 122 Å². The van der Waals surface area contributed by atoms with Crippen LogP contribution in [0, 0.1) is 0 Å². The lowest BCUT2D eigenvalue weighted by Crippen LogP contribution is -2.41. The zero-order chi connectivity index (χ0) is 30.8. The fourth-order valence-corrected chi connectivity index (χ4v) is 6.78. The lowest BCUT2D eigenvalue weighted by molar-refractivity contribution is 0.00836. The summed E-state index contributed by atoms with van der Waals surface area (Å²) in [6.07, 6.45) is 8.36. The molecule has 0 aliphatic carbocycles. The molecule has 2 aromatic rings. The standard InChI is InChI=1S/C36H62O3Si2/c1-34(2,3)40(7,8)38-28-16-14-25-36(37,26-15-17-29-39-41(9,10)35(4,5)6)27-24-31-20-22-33(23-21-31)30-32-18-12-11-13-19-32/h11-13,18-23,37H,14-17,24-30H2,1-10H3. The maximum absolute atomic E-state index is 11.8. The summed E-state index contributed by atoms with van der Waals surface area (Å²) in [6.45, 7) is 24.6. The third kappa shape index (κ3) is 12.5. The summed E-state index contributed by atoms with van der Waals surface area (Å²) in [5.74, 6) is 0. The number of hydrogen-bond acceptors (Lipinski definition) is 3. The topological polar surface area (TPSA) is 38.7 Å². The minimum atomic E-state index is -1.72. The Hall–Kier alpha value is -1.25. The van der Waals surface area contributed by atoms with Gasteiger partial charge < -0.3 is 14.0 Å². The van der Waals surface area contributed by atoms with Crippen LogP contribution < -0.4 is 0 Å². The highest BCUT2D eigenvalue weighted by atomic mass is 28.4. The van der Waals surface area contributed by atoms with E-state index >= 15 is 0 Å². The SMILES string of the molecule is CC(C)(C)[Si](C)(C)OCCCCC(O)(CCCCO[Si](C)(C)C(C)(C)C)CCc1ccc(Cc2ccccc2)cc1. The number of aliphatic hydroxyl groups is 1. The first-order valence-electron chi connectivity index (χ1n) is 16.1. The highest BCUT2D eigenvalue weighted by molar-refractivity contribution is 6.74. The smallest absolute Gasteiger partial charge is 0.191 e. The summed E-state index contributed by atoms with van der Waals surface area (Å²) in [6, 6.07) is 19.6. The van der Waals surface area contributed by atoms with Crippen LogP contribution in [0.3, 0.4) is 0 Å². The molecule has 0 spiro atoms. The van der Waals surface area contributed by atoms with Gasteiger partial charge in [0.2, 0.25) is 0 Å². The first kappa shape index (κ1) is 35.9. The van der Waals surface area contributed by atoms with E-state index in [1.54, 1.807) is 0 Å². The molecule has 3 nitrogen and oxygen atoms in total. The first-order chi connectivity index (χ1) is 18.9. The molecule has 232 valence electrons. The van der Waals surface area contributed by atoms with Crippen molar-refractivity contribution < 1.29 is 14.0 Å². The minimum absolute atomic E-state index is 0.233. The fraction of sp³-hybridized carbons (Fsp3) is 0.667. The van der Waals surface area contributed by atoms with Crippen LogP contribution in [0.2, 0.25) is 36.3 Å². The molecule has 2 aromatic carbocycles. The normalized spacial score (nSPS) is 13.5. The molecule has 2 rings (SSSR count). The predicted molar refractivity (Wildman–Crippen MR) is 183 cm³/mol. The van der Waals surface area contributed by atoms with E-state index in [4.69, 9.17) is 8.85 Å². The van der Waals surface area contributed by atoms with Crippen molar-refractivity contribution in [3.05, 3.63) is 71.3 Å². The quantitative estimate of drug-likeness (QED) is 0.145. The fourth-order valence-electron chi connectivity index (χ4n) is 4.61. The van der Waals surface area contributed by atoms with E-state index < -0.39 is 22.2 Å². The molecule has 0 atom stereocenters. The van der Waals surface area contributed by atoms with Crippen LogP contribution in [0.15, 0.2) is 54.6 Å². The van der Waals surface area contributed by atoms with Crippen molar-refractivity contribution in [3.63, 3.8) is 0 Å². The van der Waals surface area contributed by atoms with Gasteiger partial charge in [-0.1, -0.05) is 96.1 Å². The molecule has 0 bridgehead atoms. The van der Waals surface area contributed by atoms with E-state index in [1.807, 2.05) is 0 Å². The van der Waals surface area contributed by atoms with Crippen LogP contribution in [0.5, 0.6) is 0 Å². The summed E-state index contributed by atoms with van der Waals surface area (Å²) >= 11 is 0. The van der Waals surface area contributed by atoms with E-state index in [-0.39, 0.29) is 10.1 Å². The Morgan fingerprint density at radius 3 is 1.41 bits per heavy atom. The minimum Gasteiger partial charge on any atom is -0.417 e. The Labute approximate surface area is 255 Å². The maximum Gasteiger partial charge on any atom is 0.191 e. The van der Waals surface area contributed by atoms with Gasteiger partial charge >= 0.3 is 0 Å². The second kappa shape index (κ2) is 15.5. The van der Waals surface area contributed by atoms with E-state index in [0.29, 0.717) is 0 Å². The van der Waals surface area contributed by atoms with Crippen molar-refractivity contribution in [1.29, 1.82) is 0 Å². The Morgan fingerprint density at radius 2 is 0.976 bits per heavy atom. The van der Waals surface area contributed by atoms with Crippen molar-refractivity contribution >= 4 is 16.6 Å². The molecule has 0 aromatic heterocycles. The summed E-state index contributed by atoms with van der Waals surface area (Å²) in [7, 11) is -3.44. The number of aryl methyl sites for hydroxylation is 1. The molecule has 0 fully saturated rings. The van der Waals surface area contributed by atoms with Crippen molar-refractivity contribution in [3.8, 4) is 0 Å². The van der Waals surface area contributed by atoms with Crippen molar-refractivity contribution in [2.75, 3.05) is 13.2 Å². The van der Waals surface area contributed by atoms with Crippen LogP contribution >= 0.6 is 0 Å². The molecule has 0 heterocycles. The van der Waals surface area contributed by atoms with Crippen LogP contribution in [0.1, 0.15) is 103 Å².